The molecule has 0 aliphatic rings. The molecule has 0 heterocycles. The monoisotopic (exact) mass is 411 g/mol. The van der Waals surface area contributed by atoms with Crippen molar-refractivity contribution in [2.75, 3.05) is 20.2 Å². The predicted molar refractivity (Wildman–Crippen MR) is 97.7 cm³/mol. The lowest BCUT2D eigenvalue weighted by Gasteiger charge is -2.15. The SMILES string of the molecule is CN(CCOc1ccc(Cl)cc1)C(=O)/C=C/c1cc(Br)ccc1F. The van der Waals surface area contributed by atoms with Gasteiger partial charge in [-0.3, -0.25) is 4.79 Å². The Kier molecular flexibility index (Phi) is 6.82. The minimum absolute atomic E-state index is 0.228. The van der Waals surface area contributed by atoms with Crippen LogP contribution in [-0.4, -0.2) is 31.0 Å². The molecule has 3 nitrogen and oxygen atoms in total. The number of benzene rings is 2. The molecule has 24 heavy (non-hydrogen) atoms. The molecular formula is C18H16BrClFNO2. The first kappa shape index (κ1) is 18.5. The number of rotatable bonds is 6. The van der Waals surface area contributed by atoms with E-state index >= 15 is 0 Å². The van der Waals surface area contributed by atoms with Crippen LogP contribution in [0.25, 0.3) is 6.08 Å². The van der Waals surface area contributed by atoms with E-state index in [0.29, 0.717) is 29.5 Å². The minimum Gasteiger partial charge on any atom is -0.492 e. The maximum absolute atomic E-state index is 13.6. The molecule has 1 amide bonds. The topological polar surface area (TPSA) is 29.5 Å². The highest BCUT2D eigenvalue weighted by molar-refractivity contribution is 9.10. The van der Waals surface area contributed by atoms with E-state index in [1.54, 1.807) is 43.4 Å². The number of halogens is 3. The van der Waals surface area contributed by atoms with E-state index in [9.17, 15) is 9.18 Å². The van der Waals surface area contributed by atoms with E-state index in [0.717, 1.165) is 4.47 Å². The third kappa shape index (κ3) is 5.65. The molecule has 0 N–H and O–H groups in total. The molecule has 0 saturated heterocycles. The standard InChI is InChI=1S/C18H16BrClFNO2/c1-22(10-11-24-16-6-4-15(20)5-7-16)18(23)9-2-13-12-14(19)3-8-17(13)21/h2-9,12H,10-11H2,1H3/b9-2+. The highest BCUT2D eigenvalue weighted by atomic mass is 79.9. The summed E-state index contributed by atoms with van der Waals surface area (Å²) in [4.78, 5) is 13.5. The quantitative estimate of drug-likeness (QED) is 0.638. The van der Waals surface area contributed by atoms with Gasteiger partial charge in [-0.05, 0) is 48.5 Å². The molecule has 0 aliphatic heterocycles. The molecule has 2 rings (SSSR count). The lowest BCUT2D eigenvalue weighted by atomic mass is 10.2. The molecule has 0 aliphatic carbocycles. The highest BCUT2D eigenvalue weighted by Gasteiger charge is 2.06. The van der Waals surface area contributed by atoms with Crippen LogP contribution >= 0.6 is 27.5 Å². The fourth-order valence-electron chi connectivity index (χ4n) is 1.87. The van der Waals surface area contributed by atoms with Crippen LogP contribution in [0.4, 0.5) is 4.39 Å². The first-order chi connectivity index (χ1) is 11.5. The van der Waals surface area contributed by atoms with Gasteiger partial charge in [0, 0.05) is 28.2 Å². The lowest BCUT2D eigenvalue weighted by molar-refractivity contribution is -0.125. The molecule has 0 bridgehead atoms. The summed E-state index contributed by atoms with van der Waals surface area (Å²) in [6.07, 6.45) is 2.80. The third-order valence-corrected chi connectivity index (χ3v) is 3.99. The van der Waals surface area contributed by atoms with Gasteiger partial charge >= 0.3 is 0 Å². The zero-order valence-electron chi connectivity index (χ0n) is 13.0. The van der Waals surface area contributed by atoms with E-state index in [1.807, 2.05) is 0 Å². The molecular weight excluding hydrogens is 397 g/mol. The largest absolute Gasteiger partial charge is 0.492 e. The average molecular weight is 413 g/mol. The van der Waals surface area contributed by atoms with Crippen molar-refractivity contribution < 1.29 is 13.9 Å². The Balaban J connectivity index is 1.84. The molecule has 0 spiro atoms. The summed E-state index contributed by atoms with van der Waals surface area (Å²) in [5.41, 5.74) is 0.350. The molecule has 126 valence electrons. The number of hydrogen-bond donors (Lipinski definition) is 0. The maximum Gasteiger partial charge on any atom is 0.246 e. The van der Waals surface area contributed by atoms with Crippen LogP contribution < -0.4 is 4.74 Å². The van der Waals surface area contributed by atoms with E-state index in [1.165, 1.54) is 23.1 Å². The summed E-state index contributed by atoms with van der Waals surface area (Å²) in [5, 5.41) is 0.638. The van der Waals surface area contributed by atoms with Crippen molar-refractivity contribution in [3.8, 4) is 5.75 Å². The number of carbonyl (C=O) groups excluding carboxylic acids is 1. The van der Waals surface area contributed by atoms with Crippen molar-refractivity contribution in [1.29, 1.82) is 0 Å². The Morgan fingerprint density at radius 2 is 2.00 bits per heavy atom. The van der Waals surface area contributed by atoms with Crippen molar-refractivity contribution >= 4 is 39.5 Å². The Labute approximate surface area is 153 Å². The van der Waals surface area contributed by atoms with Gasteiger partial charge in [0.15, 0.2) is 0 Å². The Hall–Kier alpha value is -1.85. The molecule has 0 aromatic heterocycles. The molecule has 0 radical (unpaired) electrons. The van der Waals surface area contributed by atoms with Crippen molar-refractivity contribution in [2.24, 2.45) is 0 Å². The number of hydrogen-bond acceptors (Lipinski definition) is 2. The number of carbonyl (C=O) groups is 1. The van der Waals surface area contributed by atoms with Gasteiger partial charge < -0.3 is 9.64 Å². The molecule has 0 saturated carbocycles. The van der Waals surface area contributed by atoms with E-state index in [4.69, 9.17) is 16.3 Å². The van der Waals surface area contributed by atoms with Crippen LogP contribution in [0.3, 0.4) is 0 Å². The van der Waals surface area contributed by atoms with E-state index < -0.39 is 0 Å². The highest BCUT2D eigenvalue weighted by Crippen LogP contribution is 2.17. The van der Waals surface area contributed by atoms with Crippen LogP contribution in [0.2, 0.25) is 5.02 Å². The summed E-state index contributed by atoms with van der Waals surface area (Å²) in [6, 6.07) is 11.6. The van der Waals surface area contributed by atoms with Crippen molar-refractivity contribution in [2.45, 2.75) is 0 Å². The third-order valence-electron chi connectivity index (χ3n) is 3.25. The summed E-state index contributed by atoms with van der Waals surface area (Å²) < 4.78 is 19.9. The number of nitrogens with zero attached hydrogens (tertiary/aromatic N) is 1. The maximum atomic E-state index is 13.6. The van der Waals surface area contributed by atoms with Crippen LogP contribution in [0.5, 0.6) is 5.75 Å². The van der Waals surface area contributed by atoms with Gasteiger partial charge in [0.1, 0.15) is 18.2 Å². The summed E-state index contributed by atoms with van der Waals surface area (Å²) in [5.74, 6) is 0.0806. The normalized spacial score (nSPS) is 10.8. The molecule has 6 heteroatoms. The molecule has 0 atom stereocenters. The Morgan fingerprint density at radius 3 is 2.71 bits per heavy atom. The summed E-state index contributed by atoms with van der Waals surface area (Å²) in [6.45, 7) is 0.760. The van der Waals surface area contributed by atoms with Crippen LogP contribution in [-0.2, 0) is 4.79 Å². The summed E-state index contributed by atoms with van der Waals surface area (Å²) in [7, 11) is 1.66. The summed E-state index contributed by atoms with van der Waals surface area (Å²) >= 11 is 9.07. The zero-order valence-corrected chi connectivity index (χ0v) is 15.3. The number of amides is 1. The van der Waals surface area contributed by atoms with Gasteiger partial charge in [0.2, 0.25) is 5.91 Å². The molecule has 2 aromatic rings. The van der Waals surface area contributed by atoms with Crippen molar-refractivity contribution in [1.82, 2.24) is 4.90 Å². The van der Waals surface area contributed by atoms with Crippen LogP contribution in [0.1, 0.15) is 5.56 Å². The Morgan fingerprint density at radius 1 is 1.29 bits per heavy atom. The lowest BCUT2D eigenvalue weighted by Crippen LogP contribution is -2.29. The molecule has 0 unspecified atom stereocenters. The smallest absolute Gasteiger partial charge is 0.246 e. The van der Waals surface area contributed by atoms with Crippen molar-refractivity contribution in [3.05, 3.63) is 69.4 Å². The second-order valence-corrected chi connectivity index (χ2v) is 6.41. The van der Waals surface area contributed by atoms with Gasteiger partial charge in [-0.25, -0.2) is 4.39 Å². The molecule has 0 fully saturated rings. The first-order valence-corrected chi connectivity index (χ1v) is 8.39. The Bertz CT molecular complexity index is 734. The van der Waals surface area contributed by atoms with Gasteiger partial charge in [-0.2, -0.15) is 0 Å². The van der Waals surface area contributed by atoms with Gasteiger partial charge in [-0.15, -0.1) is 0 Å². The minimum atomic E-state index is -0.379. The fraction of sp³-hybridized carbons (Fsp3) is 0.167. The average Bonchev–Trinajstić information content (AvgIpc) is 2.57. The number of ether oxygens (including phenoxy) is 1. The second kappa shape index (κ2) is 8.85. The molecule has 2 aromatic carbocycles. The van der Waals surface area contributed by atoms with E-state index in [2.05, 4.69) is 15.9 Å². The van der Waals surface area contributed by atoms with Crippen LogP contribution in [0.15, 0.2) is 53.0 Å². The van der Waals surface area contributed by atoms with Gasteiger partial charge in [-0.1, -0.05) is 27.5 Å². The van der Waals surface area contributed by atoms with Gasteiger partial charge in [0.25, 0.3) is 0 Å². The zero-order chi connectivity index (χ0) is 17.5. The first-order valence-electron chi connectivity index (χ1n) is 7.22. The number of likely N-dealkylation sites (N-methyl/N-ethyl adjacent to an activating group) is 1. The predicted octanol–water partition coefficient (Wildman–Crippen LogP) is 4.79. The van der Waals surface area contributed by atoms with Gasteiger partial charge in [0.05, 0.1) is 6.54 Å². The van der Waals surface area contributed by atoms with E-state index in [-0.39, 0.29) is 11.7 Å². The fourth-order valence-corrected chi connectivity index (χ4v) is 2.38. The van der Waals surface area contributed by atoms with Crippen LogP contribution in [0, 0.1) is 5.82 Å². The van der Waals surface area contributed by atoms with Crippen molar-refractivity contribution in [3.63, 3.8) is 0 Å². The second-order valence-electron chi connectivity index (χ2n) is 5.06.